The molecule has 1 rings (SSSR count). The maximum atomic E-state index is 3.60. The van der Waals surface area contributed by atoms with Crippen LogP contribution in [0, 0.1) is 0 Å². The molecule has 0 aromatic heterocycles. The second-order valence-corrected chi connectivity index (χ2v) is 8.68. The Kier molecular flexibility index (Phi) is 1.54. The van der Waals surface area contributed by atoms with E-state index in [2.05, 4.69) is 44.9 Å². The van der Waals surface area contributed by atoms with Gasteiger partial charge >= 0.3 is 0 Å². The van der Waals surface area contributed by atoms with Crippen molar-refractivity contribution in [1.29, 1.82) is 0 Å². The third-order valence-electron chi connectivity index (χ3n) is 1.01. The van der Waals surface area contributed by atoms with Crippen molar-refractivity contribution in [2.24, 2.45) is 0 Å². The van der Waals surface area contributed by atoms with Crippen molar-refractivity contribution in [1.82, 2.24) is 0 Å². The molecule has 1 aliphatic heterocycles. The van der Waals surface area contributed by atoms with E-state index in [4.69, 9.17) is 0 Å². The van der Waals surface area contributed by atoms with Crippen LogP contribution in [0.3, 0.4) is 0 Å². The molecule has 2 heteroatoms. The number of hydrogen-bond acceptors (Lipinski definition) is 0. The minimum absolute atomic E-state index is 0.626. The van der Waals surface area contributed by atoms with Crippen LogP contribution < -0.4 is 0 Å². The molecule has 0 aromatic rings. The van der Waals surface area contributed by atoms with Gasteiger partial charge in [0.25, 0.3) is 0 Å². The van der Waals surface area contributed by atoms with E-state index in [-0.39, 0.29) is 0 Å². The van der Waals surface area contributed by atoms with Gasteiger partial charge in [0.1, 0.15) is 0 Å². The van der Waals surface area contributed by atoms with Crippen molar-refractivity contribution in [3.63, 3.8) is 0 Å². The van der Waals surface area contributed by atoms with E-state index in [1.54, 1.807) is 0 Å². The van der Waals surface area contributed by atoms with Gasteiger partial charge < -0.3 is 0 Å². The molecule has 0 N–H and O–H groups in total. The molecule has 0 saturated heterocycles. The van der Waals surface area contributed by atoms with E-state index >= 15 is 0 Å². The molecular formula is C6H9BrS. The van der Waals surface area contributed by atoms with E-state index in [9.17, 15) is 0 Å². The SMILES string of the molecule is CC1=CS(C)(Br)C=C1. The summed E-state index contributed by atoms with van der Waals surface area (Å²) < 4.78 is 0. The monoisotopic (exact) mass is 192 g/mol. The first-order valence-electron chi connectivity index (χ1n) is 2.44. The highest BCUT2D eigenvalue weighted by molar-refractivity contribution is 9.59. The lowest BCUT2D eigenvalue weighted by Crippen LogP contribution is -1.67. The summed E-state index contributed by atoms with van der Waals surface area (Å²) in [4.78, 5) is 0. The zero-order chi connectivity index (χ0) is 6.20. The third kappa shape index (κ3) is 1.39. The normalized spacial score (nSPS) is 43.6. The van der Waals surface area contributed by atoms with Gasteiger partial charge in [0.05, 0.1) is 0 Å². The number of allylic oxidation sites excluding steroid dienone is 2. The molecule has 8 heavy (non-hydrogen) atoms. The molecule has 0 aromatic carbocycles. The summed E-state index contributed by atoms with van der Waals surface area (Å²) in [7, 11) is -0.626. The van der Waals surface area contributed by atoms with E-state index in [1.807, 2.05) is 0 Å². The largest absolute Gasteiger partial charge is 0.145 e. The maximum absolute atomic E-state index is 3.60. The fourth-order valence-electron chi connectivity index (χ4n) is 0.682. The molecule has 0 nitrogen and oxygen atoms in total. The number of hydrogen-bond donors (Lipinski definition) is 0. The minimum atomic E-state index is -0.626. The van der Waals surface area contributed by atoms with Crippen LogP contribution >= 0.6 is 23.3 Å². The zero-order valence-corrected chi connectivity index (χ0v) is 7.42. The third-order valence-corrected chi connectivity index (χ3v) is 3.72. The Bertz CT molecular complexity index is 156. The standard InChI is InChI=1S/C6H9BrS/c1-6-3-4-8(2,7)5-6/h3-5H,1-2H3. The Morgan fingerprint density at radius 3 is 2.38 bits per heavy atom. The van der Waals surface area contributed by atoms with Gasteiger partial charge in [-0.05, 0) is 44.4 Å². The van der Waals surface area contributed by atoms with Crippen LogP contribution in [0.15, 0.2) is 22.5 Å². The summed E-state index contributed by atoms with van der Waals surface area (Å²) in [5.41, 5.74) is 1.37. The molecule has 1 unspecified atom stereocenters. The highest BCUT2D eigenvalue weighted by atomic mass is 79.9. The average molecular weight is 193 g/mol. The van der Waals surface area contributed by atoms with Gasteiger partial charge in [-0.1, -0.05) is 6.08 Å². The van der Waals surface area contributed by atoms with Crippen LogP contribution in [-0.4, -0.2) is 6.26 Å². The van der Waals surface area contributed by atoms with Crippen LogP contribution in [0.1, 0.15) is 6.92 Å². The molecule has 0 amide bonds. The smallest absolute Gasteiger partial charge is 0.0182 e. The Hall–Kier alpha value is 0.310. The summed E-state index contributed by atoms with van der Waals surface area (Å²) in [6.07, 6.45) is 4.37. The molecule has 0 aliphatic carbocycles. The highest BCUT2D eigenvalue weighted by Crippen LogP contribution is 2.58. The predicted molar refractivity (Wildman–Crippen MR) is 45.3 cm³/mol. The molecule has 0 radical (unpaired) electrons. The molecule has 1 atom stereocenters. The molecule has 0 bridgehead atoms. The van der Waals surface area contributed by atoms with Gasteiger partial charge in [-0.2, -0.15) is 0 Å². The Labute approximate surface area is 59.2 Å². The lowest BCUT2D eigenvalue weighted by atomic mass is 10.4. The Balaban J connectivity index is 2.84. The van der Waals surface area contributed by atoms with Gasteiger partial charge in [0.2, 0.25) is 0 Å². The molecular weight excluding hydrogens is 184 g/mol. The summed E-state index contributed by atoms with van der Waals surface area (Å²) >= 11 is 3.60. The fraction of sp³-hybridized carbons (Fsp3) is 0.333. The Morgan fingerprint density at radius 2 is 2.25 bits per heavy atom. The summed E-state index contributed by atoms with van der Waals surface area (Å²) in [5.74, 6) is 0. The second kappa shape index (κ2) is 1.92. The summed E-state index contributed by atoms with van der Waals surface area (Å²) in [5, 5.41) is 4.50. The Morgan fingerprint density at radius 1 is 1.62 bits per heavy atom. The van der Waals surface area contributed by atoms with Gasteiger partial charge in [0.15, 0.2) is 0 Å². The van der Waals surface area contributed by atoms with Gasteiger partial charge in [-0.3, -0.25) is 0 Å². The fourth-order valence-corrected chi connectivity index (χ4v) is 3.26. The van der Waals surface area contributed by atoms with E-state index < -0.39 is 8.46 Å². The highest BCUT2D eigenvalue weighted by Gasteiger charge is 2.09. The van der Waals surface area contributed by atoms with Gasteiger partial charge in [-0.25, -0.2) is 0 Å². The van der Waals surface area contributed by atoms with Crippen LogP contribution in [0.4, 0.5) is 0 Å². The van der Waals surface area contributed by atoms with Crippen molar-refractivity contribution in [3.8, 4) is 0 Å². The summed E-state index contributed by atoms with van der Waals surface area (Å²) in [6, 6.07) is 0. The van der Waals surface area contributed by atoms with Crippen LogP contribution in [0.5, 0.6) is 0 Å². The predicted octanol–water partition coefficient (Wildman–Crippen LogP) is 3.16. The van der Waals surface area contributed by atoms with Crippen molar-refractivity contribution in [3.05, 3.63) is 22.5 Å². The zero-order valence-electron chi connectivity index (χ0n) is 5.02. The average Bonchev–Trinajstić information content (AvgIpc) is 1.82. The van der Waals surface area contributed by atoms with Crippen LogP contribution in [0.25, 0.3) is 0 Å². The number of halogens is 1. The molecule has 0 fully saturated rings. The molecule has 1 heterocycles. The lowest BCUT2D eigenvalue weighted by molar-refractivity contribution is 1.58. The quantitative estimate of drug-likeness (QED) is 0.554. The first-order chi connectivity index (χ1) is 3.60. The van der Waals surface area contributed by atoms with Crippen molar-refractivity contribution < 1.29 is 0 Å². The molecule has 1 aliphatic rings. The first-order valence-corrected chi connectivity index (χ1v) is 6.45. The second-order valence-electron chi connectivity index (χ2n) is 2.10. The lowest BCUT2D eigenvalue weighted by Gasteiger charge is -2.13. The van der Waals surface area contributed by atoms with Gasteiger partial charge in [-0.15, -0.1) is 8.46 Å². The molecule has 0 spiro atoms. The van der Waals surface area contributed by atoms with Gasteiger partial charge in [0, 0.05) is 0 Å². The van der Waals surface area contributed by atoms with E-state index in [1.165, 1.54) is 5.57 Å². The van der Waals surface area contributed by atoms with Crippen LogP contribution in [-0.2, 0) is 0 Å². The van der Waals surface area contributed by atoms with Crippen LogP contribution in [0.2, 0.25) is 0 Å². The molecule has 46 valence electrons. The van der Waals surface area contributed by atoms with Crippen molar-refractivity contribution >= 4 is 23.3 Å². The minimum Gasteiger partial charge on any atom is -0.145 e. The van der Waals surface area contributed by atoms with Crippen molar-refractivity contribution in [2.45, 2.75) is 6.92 Å². The molecule has 0 saturated carbocycles. The van der Waals surface area contributed by atoms with E-state index in [0.29, 0.717) is 0 Å². The summed E-state index contributed by atoms with van der Waals surface area (Å²) in [6.45, 7) is 2.12. The first kappa shape index (κ1) is 6.43. The topological polar surface area (TPSA) is 0 Å². The number of rotatable bonds is 0. The van der Waals surface area contributed by atoms with E-state index in [0.717, 1.165) is 0 Å². The van der Waals surface area contributed by atoms with Crippen molar-refractivity contribution in [2.75, 3.05) is 6.26 Å². The maximum Gasteiger partial charge on any atom is -0.0182 e.